The molecular weight excluding hydrogens is 188 g/mol. The van der Waals surface area contributed by atoms with Gasteiger partial charge >= 0.3 is 0 Å². The minimum Gasteiger partial charge on any atom is -0.381 e. The van der Waals surface area contributed by atoms with Gasteiger partial charge in [-0.1, -0.05) is 0 Å². The van der Waals surface area contributed by atoms with Gasteiger partial charge in [0.1, 0.15) is 0 Å². The molecule has 0 saturated carbocycles. The molecule has 0 aromatic carbocycles. The third kappa shape index (κ3) is 3.44. The van der Waals surface area contributed by atoms with Crippen LogP contribution in [-0.4, -0.2) is 50.3 Å². The van der Waals surface area contributed by atoms with E-state index in [1.54, 1.807) is 0 Å². The first-order valence-corrected chi connectivity index (χ1v) is 6.39. The van der Waals surface area contributed by atoms with Gasteiger partial charge in [0.2, 0.25) is 0 Å². The Labute approximate surface area is 93.2 Å². The Morgan fingerprint density at radius 1 is 1.27 bits per heavy atom. The van der Waals surface area contributed by atoms with E-state index >= 15 is 0 Å². The summed E-state index contributed by atoms with van der Waals surface area (Å²) in [6.07, 6.45) is 3.91. The van der Waals surface area contributed by atoms with Crippen molar-refractivity contribution in [1.82, 2.24) is 10.2 Å². The highest BCUT2D eigenvalue weighted by atomic mass is 16.5. The van der Waals surface area contributed by atoms with Crippen LogP contribution in [0.3, 0.4) is 0 Å². The van der Waals surface area contributed by atoms with E-state index in [-0.39, 0.29) is 0 Å². The Kier molecular flexibility index (Phi) is 4.42. The van der Waals surface area contributed by atoms with E-state index in [1.807, 2.05) is 0 Å². The Hall–Kier alpha value is -0.120. The summed E-state index contributed by atoms with van der Waals surface area (Å²) in [5.41, 5.74) is 0. The molecule has 15 heavy (non-hydrogen) atoms. The molecular formula is C12H24N2O. The lowest BCUT2D eigenvalue weighted by Crippen LogP contribution is -2.48. The summed E-state index contributed by atoms with van der Waals surface area (Å²) < 4.78 is 5.40. The van der Waals surface area contributed by atoms with Crippen molar-refractivity contribution in [1.29, 1.82) is 0 Å². The molecule has 2 heterocycles. The molecule has 0 bridgehead atoms. The third-order valence-corrected chi connectivity index (χ3v) is 3.79. The van der Waals surface area contributed by atoms with Gasteiger partial charge in [0, 0.05) is 45.4 Å². The van der Waals surface area contributed by atoms with Gasteiger partial charge in [0.05, 0.1) is 0 Å². The topological polar surface area (TPSA) is 24.5 Å². The highest BCUT2D eigenvalue weighted by Gasteiger charge is 2.21. The highest BCUT2D eigenvalue weighted by molar-refractivity contribution is 4.77. The van der Waals surface area contributed by atoms with E-state index < -0.39 is 0 Å². The molecule has 0 aromatic heterocycles. The van der Waals surface area contributed by atoms with Crippen LogP contribution in [-0.2, 0) is 4.74 Å². The molecule has 1 N–H and O–H groups in total. The van der Waals surface area contributed by atoms with Crippen LogP contribution in [0.4, 0.5) is 0 Å². The highest BCUT2D eigenvalue weighted by Crippen LogP contribution is 2.22. The molecule has 2 saturated heterocycles. The molecule has 3 nitrogen and oxygen atoms in total. The average molecular weight is 212 g/mol. The maximum atomic E-state index is 5.40. The lowest BCUT2D eigenvalue weighted by Gasteiger charge is -2.35. The second kappa shape index (κ2) is 5.83. The van der Waals surface area contributed by atoms with Crippen LogP contribution in [0.5, 0.6) is 0 Å². The van der Waals surface area contributed by atoms with Crippen molar-refractivity contribution in [2.75, 3.05) is 39.4 Å². The molecule has 0 aliphatic carbocycles. The molecule has 2 fully saturated rings. The fourth-order valence-electron chi connectivity index (χ4n) is 2.74. The second-order valence-corrected chi connectivity index (χ2v) is 4.93. The first kappa shape index (κ1) is 11.4. The van der Waals surface area contributed by atoms with Gasteiger partial charge in [-0.15, -0.1) is 0 Å². The minimum atomic E-state index is 0.759. The molecule has 3 heteroatoms. The van der Waals surface area contributed by atoms with Crippen molar-refractivity contribution in [3.63, 3.8) is 0 Å². The largest absolute Gasteiger partial charge is 0.381 e. The van der Waals surface area contributed by atoms with Crippen LogP contribution in [0.1, 0.15) is 26.2 Å². The van der Waals surface area contributed by atoms with E-state index in [9.17, 15) is 0 Å². The molecule has 88 valence electrons. The molecule has 0 aromatic rings. The number of ether oxygens (including phenoxy) is 1. The molecule has 1 atom stereocenters. The van der Waals surface area contributed by atoms with Crippen molar-refractivity contribution in [3.05, 3.63) is 0 Å². The number of hydrogen-bond donors (Lipinski definition) is 1. The average Bonchev–Trinajstić information content (AvgIpc) is 2.31. The maximum Gasteiger partial charge on any atom is 0.0468 e. The van der Waals surface area contributed by atoms with Crippen LogP contribution in [0.25, 0.3) is 0 Å². The van der Waals surface area contributed by atoms with Gasteiger partial charge in [-0.3, -0.25) is 4.90 Å². The summed E-state index contributed by atoms with van der Waals surface area (Å²) in [5.74, 6) is 0.906. The lowest BCUT2D eigenvalue weighted by atomic mass is 9.92. The Balaban J connectivity index is 1.72. The normalized spacial score (nSPS) is 27.8. The first-order chi connectivity index (χ1) is 7.36. The summed E-state index contributed by atoms with van der Waals surface area (Å²) in [5, 5.41) is 3.41. The third-order valence-electron chi connectivity index (χ3n) is 3.79. The summed E-state index contributed by atoms with van der Waals surface area (Å²) in [6.45, 7) is 9.14. The monoisotopic (exact) mass is 212 g/mol. The van der Waals surface area contributed by atoms with Crippen LogP contribution >= 0.6 is 0 Å². The predicted molar refractivity (Wildman–Crippen MR) is 62.1 cm³/mol. The summed E-state index contributed by atoms with van der Waals surface area (Å²) in [4.78, 5) is 2.63. The fourth-order valence-corrected chi connectivity index (χ4v) is 2.74. The van der Waals surface area contributed by atoms with E-state index in [4.69, 9.17) is 4.74 Å². The zero-order valence-corrected chi connectivity index (χ0v) is 9.87. The summed E-state index contributed by atoms with van der Waals surface area (Å²) in [7, 11) is 0. The van der Waals surface area contributed by atoms with Gasteiger partial charge in [-0.05, 0) is 32.1 Å². The molecule has 2 aliphatic heterocycles. The molecule has 2 aliphatic rings. The number of rotatable bonds is 3. The van der Waals surface area contributed by atoms with Gasteiger partial charge in [-0.25, -0.2) is 0 Å². The smallest absolute Gasteiger partial charge is 0.0468 e. The maximum absolute atomic E-state index is 5.40. The van der Waals surface area contributed by atoms with E-state index in [0.717, 1.165) is 38.3 Å². The number of hydrogen-bond acceptors (Lipinski definition) is 3. The zero-order chi connectivity index (χ0) is 10.5. The van der Waals surface area contributed by atoms with Gasteiger partial charge in [0.25, 0.3) is 0 Å². The van der Waals surface area contributed by atoms with Crippen LogP contribution in [0, 0.1) is 5.92 Å². The van der Waals surface area contributed by atoms with Crippen LogP contribution < -0.4 is 5.32 Å². The molecule has 0 spiro atoms. The molecule has 2 rings (SSSR count). The van der Waals surface area contributed by atoms with Crippen molar-refractivity contribution in [3.8, 4) is 0 Å². The van der Waals surface area contributed by atoms with Crippen molar-refractivity contribution in [2.24, 2.45) is 5.92 Å². The molecule has 1 unspecified atom stereocenters. The SMILES string of the molecule is CC(CC1CCOCC1)N1CCNCC1. The molecule has 0 amide bonds. The quantitative estimate of drug-likeness (QED) is 0.758. The fraction of sp³-hybridized carbons (Fsp3) is 1.00. The Morgan fingerprint density at radius 2 is 1.93 bits per heavy atom. The van der Waals surface area contributed by atoms with Gasteiger partial charge in [-0.2, -0.15) is 0 Å². The van der Waals surface area contributed by atoms with Crippen molar-refractivity contribution < 1.29 is 4.74 Å². The van der Waals surface area contributed by atoms with E-state index in [0.29, 0.717) is 0 Å². The van der Waals surface area contributed by atoms with Crippen LogP contribution in [0.2, 0.25) is 0 Å². The number of nitrogens with one attached hydrogen (secondary N) is 1. The first-order valence-electron chi connectivity index (χ1n) is 6.39. The predicted octanol–water partition coefficient (Wildman–Crippen LogP) is 1.10. The minimum absolute atomic E-state index is 0.759. The second-order valence-electron chi connectivity index (χ2n) is 4.93. The van der Waals surface area contributed by atoms with E-state index in [2.05, 4.69) is 17.1 Å². The van der Waals surface area contributed by atoms with E-state index in [1.165, 1.54) is 32.4 Å². The molecule has 0 radical (unpaired) electrons. The lowest BCUT2D eigenvalue weighted by molar-refractivity contribution is 0.0514. The van der Waals surface area contributed by atoms with Gasteiger partial charge < -0.3 is 10.1 Å². The summed E-state index contributed by atoms with van der Waals surface area (Å²) >= 11 is 0. The zero-order valence-electron chi connectivity index (χ0n) is 9.87. The Bertz CT molecular complexity index is 174. The van der Waals surface area contributed by atoms with Gasteiger partial charge in [0.15, 0.2) is 0 Å². The summed E-state index contributed by atoms with van der Waals surface area (Å²) in [6, 6.07) is 0.759. The van der Waals surface area contributed by atoms with Crippen molar-refractivity contribution >= 4 is 0 Å². The van der Waals surface area contributed by atoms with Crippen LogP contribution in [0.15, 0.2) is 0 Å². The number of nitrogens with zero attached hydrogens (tertiary/aromatic N) is 1. The Morgan fingerprint density at radius 3 is 2.60 bits per heavy atom. The van der Waals surface area contributed by atoms with Crippen molar-refractivity contribution in [2.45, 2.75) is 32.2 Å². The number of piperazine rings is 1. The standard InChI is InChI=1S/C12H24N2O/c1-11(14-6-4-13-5-7-14)10-12-2-8-15-9-3-12/h11-13H,2-10H2,1H3.